The van der Waals surface area contributed by atoms with Crippen LogP contribution in [0.2, 0.25) is 0 Å². The molecule has 26 heavy (non-hydrogen) atoms. The van der Waals surface area contributed by atoms with Crippen molar-refractivity contribution in [1.29, 1.82) is 0 Å². The number of nitrogens with one attached hydrogen (secondary N) is 2. The van der Waals surface area contributed by atoms with Crippen LogP contribution in [0.25, 0.3) is 10.9 Å². The van der Waals surface area contributed by atoms with E-state index in [0.717, 1.165) is 53.7 Å². The highest BCUT2D eigenvalue weighted by atomic mass is 35.5. The topological polar surface area (TPSA) is 54.0 Å². The zero-order chi connectivity index (χ0) is 16.7. The number of fused-ring (bicyclic) bond motifs is 1. The second kappa shape index (κ2) is 8.55. The highest BCUT2D eigenvalue weighted by molar-refractivity contribution is 6.07. The molecule has 1 saturated heterocycles. The third kappa shape index (κ3) is 4.30. The first-order valence-corrected chi connectivity index (χ1v) is 9.05. The van der Waals surface area contributed by atoms with Gasteiger partial charge in [-0.15, -0.1) is 24.8 Å². The number of aryl methyl sites for hydroxylation is 2. The lowest BCUT2D eigenvalue weighted by Gasteiger charge is -2.24. The summed E-state index contributed by atoms with van der Waals surface area (Å²) in [7, 11) is 0. The summed E-state index contributed by atoms with van der Waals surface area (Å²) in [4.78, 5) is 17.9. The average molecular weight is 396 g/mol. The molecule has 1 unspecified atom stereocenters. The first-order chi connectivity index (χ1) is 11.6. The number of rotatable bonds is 3. The minimum Gasteiger partial charge on any atom is -0.348 e. The molecule has 1 aliphatic carbocycles. The van der Waals surface area contributed by atoms with E-state index in [1.165, 1.54) is 18.4 Å². The Hall–Kier alpha value is -1.36. The molecule has 2 aliphatic rings. The molecule has 4 rings (SSSR count). The Bertz CT molecular complexity index is 799. The Balaban J connectivity index is 0.00000121. The molecule has 2 heterocycles. The van der Waals surface area contributed by atoms with Crippen molar-refractivity contribution < 1.29 is 4.79 Å². The molecule has 1 saturated carbocycles. The van der Waals surface area contributed by atoms with E-state index in [2.05, 4.69) is 36.6 Å². The summed E-state index contributed by atoms with van der Waals surface area (Å²) < 4.78 is 0. The fourth-order valence-electron chi connectivity index (χ4n) is 3.71. The van der Waals surface area contributed by atoms with E-state index >= 15 is 0 Å². The van der Waals surface area contributed by atoms with Gasteiger partial charge in [0, 0.05) is 29.6 Å². The predicted molar refractivity (Wildman–Crippen MR) is 111 cm³/mol. The summed E-state index contributed by atoms with van der Waals surface area (Å²) in [6.45, 7) is 6.08. The molecule has 0 spiro atoms. The quantitative estimate of drug-likeness (QED) is 0.823. The van der Waals surface area contributed by atoms with E-state index in [0.29, 0.717) is 5.92 Å². The number of piperidine rings is 1. The Morgan fingerprint density at radius 3 is 2.58 bits per heavy atom. The third-order valence-electron chi connectivity index (χ3n) is 5.14. The summed E-state index contributed by atoms with van der Waals surface area (Å²) in [5, 5.41) is 7.57. The molecule has 1 atom stereocenters. The highest BCUT2D eigenvalue weighted by Gasteiger charge is 2.28. The number of hydrogen-bond donors (Lipinski definition) is 2. The molecule has 6 heteroatoms. The Labute approximate surface area is 167 Å². The van der Waals surface area contributed by atoms with Gasteiger partial charge in [-0.2, -0.15) is 0 Å². The van der Waals surface area contributed by atoms with Crippen molar-refractivity contribution in [2.45, 2.75) is 51.5 Å². The molecule has 2 N–H and O–H groups in total. The summed E-state index contributed by atoms with van der Waals surface area (Å²) in [6.07, 6.45) is 4.55. The lowest BCUT2D eigenvalue weighted by atomic mass is 9.99. The molecule has 2 aromatic rings. The fraction of sp³-hybridized carbons (Fsp3) is 0.500. The monoisotopic (exact) mass is 395 g/mol. The summed E-state index contributed by atoms with van der Waals surface area (Å²) in [5.74, 6) is 0.584. The molecule has 4 nitrogen and oxygen atoms in total. The van der Waals surface area contributed by atoms with E-state index in [1.54, 1.807) is 0 Å². The van der Waals surface area contributed by atoms with Gasteiger partial charge in [0.1, 0.15) is 0 Å². The van der Waals surface area contributed by atoms with Crippen molar-refractivity contribution in [3.05, 3.63) is 40.6 Å². The molecule has 142 valence electrons. The van der Waals surface area contributed by atoms with Gasteiger partial charge >= 0.3 is 0 Å². The number of halogens is 2. The maximum atomic E-state index is 13.0. The predicted octanol–water partition coefficient (Wildman–Crippen LogP) is 4.05. The van der Waals surface area contributed by atoms with Crippen molar-refractivity contribution in [3.63, 3.8) is 0 Å². The summed E-state index contributed by atoms with van der Waals surface area (Å²) in [6, 6.07) is 6.51. The normalized spacial score (nSPS) is 19.4. The van der Waals surface area contributed by atoms with Gasteiger partial charge in [-0.3, -0.25) is 9.78 Å². The van der Waals surface area contributed by atoms with Gasteiger partial charge in [-0.05, 0) is 63.8 Å². The first kappa shape index (κ1) is 20.9. The van der Waals surface area contributed by atoms with Crippen LogP contribution >= 0.6 is 24.8 Å². The van der Waals surface area contributed by atoms with Gasteiger partial charge < -0.3 is 10.6 Å². The maximum Gasteiger partial charge on any atom is 0.252 e. The van der Waals surface area contributed by atoms with Crippen LogP contribution < -0.4 is 10.6 Å². The summed E-state index contributed by atoms with van der Waals surface area (Å²) >= 11 is 0. The number of benzene rings is 1. The smallest absolute Gasteiger partial charge is 0.252 e. The number of hydrogen-bond acceptors (Lipinski definition) is 3. The van der Waals surface area contributed by atoms with E-state index in [-0.39, 0.29) is 36.8 Å². The van der Waals surface area contributed by atoms with Crippen LogP contribution in [0.15, 0.2) is 18.2 Å². The van der Waals surface area contributed by atoms with Crippen LogP contribution in [0.5, 0.6) is 0 Å². The van der Waals surface area contributed by atoms with Crippen molar-refractivity contribution in [3.8, 4) is 0 Å². The molecule has 1 aromatic heterocycles. The number of nitrogens with zero attached hydrogens (tertiary/aromatic N) is 1. The Kier molecular flexibility index (Phi) is 6.89. The van der Waals surface area contributed by atoms with Gasteiger partial charge in [0.2, 0.25) is 0 Å². The number of carbonyl (C=O) groups excluding carboxylic acids is 1. The second-order valence-electron chi connectivity index (χ2n) is 7.36. The van der Waals surface area contributed by atoms with Crippen LogP contribution in [0, 0.1) is 13.8 Å². The average Bonchev–Trinajstić information content (AvgIpc) is 3.40. The van der Waals surface area contributed by atoms with Crippen molar-refractivity contribution in [2.24, 2.45) is 0 Å². The zero-order valence-corrected chi connectivity index (χ0v) is 16.9. The lowest BCUT2D eigenvalue weighted by molar-refractivity contribution is 0.0932. The number of carbonyl (C=O) groups is 1. The highest BCUT2D eigenvalue weighted by Crippen LogP contribution is 2.40. The number of amides is 1. The zero-order valence-electron chi connectivity index (χ0n) is 15.3. The van der Waals surface area contributed by atoms with Crippen molar-refractivity contribution >= 4 is 41.6 Å². The van der Waals surface area contributed by atoms with E-state index < -0.39 is 0 Å². The van der Waals surface area contributed by atoms with E-state index in [9.17, 15) is 4.79 Å². The SMILES string of the molecule is Cc1cc(C)c2nc(C3CC3)cc(C(=O)NC3CCCNC3)c2c1.Cl.Cl. The molecule has 1 aliphatic heterocycles. The van der Waals surface area contributed by atoms with Crippen LogP contribution in [-0.2, 0) is 0 Å². The number of aromatic nitrogens is 1. The van der Waals surface area contributed by atoms with Gasteiger partial charge in [0.25, 0.3) is 5.91 Å². The molecule has 1 amide bonds. The largest absolute Gasteiger partial charge is 0.348 e. The van der Waals surface area contributed by atoms with Crippen LogP contribution in [0.3, 0.4) is 0 Å². The van der Waals surface area contributed by atoms with Gasteiger partial charge in [0.05, 0.1) is 11.1 Å². The lowest BCUT2D eigenvalue weighted by Crippen LogP contribution is -2.45. The van der Waals surface area contributed by atoms with Gasteiger partial charge in [-0.1, -0.05) is 11.6 Å². The Morgan fingerprint density at radius 1 is 1.15 bits per heavy atom. The molecule has 0 radical (unpaired) electrons. The van der Waals surface area contributed by atoms with Crippen molar-refractivity contribution in [2.75, 3.05) is 13.1 Å². The summed E-state index contributed by atoms with van der Waals surface area (Å²) in [5.41, 5.74) is 5.19. The van der Waals surface area contributed by atoms with Crippen LogP contribution in [-0.4, -0.2) is 30.0 Å². The third-order valence-corrected chi connectivity index (χ3v) is 5.14. The van der Waals surface area contributed by atoms with E-state index in [4.69, 9.17) is 4.98 Å². The molecular formula is C20H27Cl2N3O. The first-order valence-electron chi connectivity index (χ1n) is 9.05. The fourth-order valence-corrected chi connectivity index (χ4v) is 3.71. The second-order valence-corrected chi connectivity index (χ2v) is 7.36. The van der Waals surface area contributed by atoms with E-state index in [1.807, 2.05) is 6.07 Å². The van der Waals surface area contributed by atoms with Crippen LogP contribution in [0.1, 0.15) is 58.8 Å². The molecule has 2 fully saturated rings. The molecular weight excluding hydrogens is 369 g/mol. The minimum atomic E-state index is 0. The standard InChI is InChI=1S/C20H25N3O.2ClH/c1-12-8-13(2)19-16(9-12)17(10-18(23-19)14-5-6-14)20(24)22-15-4-3-7-21-11-15;;/h8-10,14-15,21H,3-7,11H2,1-2H3,(H,22,24);2*1H. The Morgan fingerprint density at radius 2 is 1.92 bits per heavy atom. The number of pyridine rings is 1. The minimum absolute atomic E-state index is 0. The van der Waals surface area contributed by atoms with Gasteiger partial charge in [0.15, 0.2) is 0 Å². The van der Waals surface area contributed by atoms with Gasteiger partial charge in [-0.25, -0.2) is 0 Å². The maximum absolute atomic E-state index is 13.0. The van der Waals surface area contributed by atoms with Crippen LogP contribution in [0.4, 0.5) is 0 Å². The molecule has 0 bridgehead atoms. The van der Waals surface area contributed by atoms with Crippen molar-refractivity contribution in [1.82, 2.24) is 15.6 Å². The molecule has 1 aromatic carbocycles.